The maximum atomic E-state index is 13.6. The van der Waals surface area contributed by atoms with Crippen LogP contribution in [0.3, 0.4) is 0 Å². The van der Waals surface area contributed by atoms with E-state index in [0.29, 0.717) is 39.0 Å². The third-order valence-electron chi connectivity index (χ3n) is 23.8. The van der Waals surface area contributed by atoms with Crippen molar-refractivity contribution in [1.82, 2.24) is 60.5 Å². The van der Waals surface area contributed by atoms with Gasteiger partial charge in [0, 0.05) is 172 Å². The van der Waals surface area contributed by atoms with E-state index < -0.39 is 220 Å². The second kappa shape index (κ2) is 54.0. The first-order valence-electron chi connectivity index (χ1n) is 48.2. The molecule has 0 aromatic carbocycles. The number of aliphatic carboxylic acids is 3. The number of likely N-dealkylation sites (tertiary alicyclic amines) is 2. The first kappa shape index (κ1) is 119. The standard InChI is InChI=1S/C38H54N4O12.C35H50N4O12.C26H34N4O10/c1-9-19-52-34(48)25(10-13-32(47)41-18-20-51-33(41)28-21-24(2)23-42(28)36(50)54-38(6,7)8)22-26(43)11-12-27(35(49)53-37(3,4)5)39-29(44)16-17-40-30(45)14-15-31(40)46;1-21-18-25(39(20-21)33(48)51-35(5,6)7)30-38(16-17-49-30)29(44)11-8-22(31(45)46)19-23(40)9-10-24(32(47)50-34(2,3)4)36-26(41)14-15-37-27(42)12-13-28(37)43;1-15-12-19(27-14-15)24-30(10-11-40-24)23(35)5-2-16(25(36)37)13-17(31)3-4-18(26(38)39)28-20(32)8-9-29-21(33)6-7-22(29)34/h9,14-15,25,27-28,33H,1-2,10-13,16-23H2,3-8H3,(H,39,44);12-13,22,24-25,30H,1,8-11,14-20H2,2-7H3,(H,36,41)(H,45,46);6-7,16,18-19,24,27H,1-5,8-14H2,(H,28,32)(H,36,37)(H,38,39)/t25-,27+,28+,33?;22-,24+,25+,30?;16-,18+,19+,24?/m111/s1. The zero-order valence-electron chi connectivity index (χ0n) is 84.4. The molecule has 14 amide bonds. The summed E-state index contributed by atoms with van der Waals surface area (Å²) in [5, 5.41) is 39.4. The highest BCUT2D eigenvalue weighted by Gasteiger charge is 2.49. The number of ketones is 3. The SMILES string of the molecule is C=C1CN[C@H](C2OCCN2C(=O)CC[C@H](CC(=O)CC[C@H](NC(=O)CCN2C(=O)C=CC2=O)C(=O)O)C(=O)O)C1.C=C1C[C@@H](C2OCCN2C(=O)CC[C@H](CC(=O)CC[C@H](NC(=O)CCN2C(=O)C=CC2=O)C(=O)OC(C)(C)C)C(=O)O)N(C(=O)OC(C)(C)C)C1.C=CCOC(=O)[C@H](CCC(=O)N1CCOC1[C@@H]1CC(=C)CN1C(=O)OC(C)(C)C)CC(=O)CC[C@H](NC(=O)CCN1C(=O)C=CC1=O)C(=O)OC(C)(C)C. The Labute approximate surface area is 840 Å². The van der Waals surface area contributed by atoms with Gasteiger partial charge in [-0.15, -0.1) is 0 Å². The summed E-state index contributed by atoms with van der Waals surface area (Å²) in [6.07, 6.45) is 2.13. The molecule has 12 atom stereocenters. The van der Waals surface area contributed by atoms with Crippen LogP contribution < -0.4 is 21.3 Å². The molecule has 145 heavy (non-hydrogen) atoms. The number of carbonyl (C=O) groups excluding carboxylic acids is 20. The summed E-state index contributed by atoms with van der Waals surface area (Å²) in [5.41, 5.74) is -0.708. The molecule has 0 aromatic heterocycles. The van der Waals surface area contributed by atoms with Gasteiger partial charge < -0.3 is 89.2 Å². The lowest BCUT2D eigenvalue weighted by molar-refractivity contribution is -0.159. The fraction of sp³-hybridized carbons (Fsp3) is 0.626. The van der Waals surface area contributed by atoms with Crippen LogP contribution in [-0.4, -0.2) is 353 Å². The average molecular weight is 2040 g/mol. The van der Waals surface area contributed by atoms with E-state index in [0.717, 1.165) is 67.9 Å². The molecule has 9 aliphatic rings. The van der Waals surface area contributed by atoms with E-state index >= 15 is 0 Å². The average Bonchev–Trinajstić information content (AvgIpc) is 1.65. The number of hydrogen-bond acceptors (Lipinski definition) is 32. The molecule has 3 unspecified atom stereocenters. The van der Waals surface area contributed by atoms with Crippen molar-refractivity contribution in [2.24, 2.45) is 17.8 Å². The maximum absolute atomic E-state index is 13.6. The highest BCUT2D eigenvalue weighted by atomic mass is 16.6. The van der Waals surface area contributed by atoms with Gasteiger partial charge in [-0.2, -0.15) is 0 Å². The molecule has 9 heterocycles. The smallest absolute Gasteiger partial charge is 0.410 e. The lowest BCUT2D eigenvalue weighted by Gasteiger charge is -2.34. The Hall–Kier alpha value is -13.4. The van der Waals surface area contributed by atoms with E-state index in [1.807, 2.05) is 0 Å². The highest BCUT2D eigenvalue weighted by molar-refractivity contribution is 6.14. The zero-order chi connectivity index (χ0) is 108. The molecule has 9 rings (SSSR count). The van der Waals surface area contributed by atoms with Gasteiger partial charge in [0.2, 0.25) is 35.4 Å². The minimum Gasteiger partial charge on any atom is -0.481 e. The van der Waals surface area contributed by atoms with Gasteiger partial charge in [-0.05, 0) is 141 Å². The summed E-state index contributed by atoms with van der Waals surface area (Å²) in [7, 11) is 0. The highest BCUT2D eigenvalue weighted by Crippen LogP contribution is 2.35. The molecular formula is C99H138N12O34. The third-order valence-corrected chi connectivity index (χ3v) is 23.8. The van der Waals surface area contributed by atoms with Gasteiger partial charge in [-0.3, -0.25) is 111 Å². The number of nitrogens with one attached hydrogen (secondary N) is 4. The van der Waals surface area contributed by atoms with Crippen LogP contribution in [0.15, 0.2) is 85.6 Å². The van der Waals surface area contributed by atoms with Gasteiger partial charge in [0.25, 0.3) is 35.4 Å². The summed E-state index contributed by atoms with van der Waals surface area (Å²) < 4.78 is 44.7. The molecule has 0 spiro atoms. The molecule has 6 fully saturated rings. The fourth-order valence-electron chi connectivity index (χ4n) is 16.8. The van der Waals surface area contributed by atoms with Crippen LogP contribution in [0, 0.1) is 17.8 Å². The Bertz CT molecular complexity index is 4970. The Kier molecular flexibility index (Phi) is 44.2. The van der Waals surface area contributed by atoms with E-state index in [1.165, 1.54) is 25.7 Å². The number of carbonyl (C=O) groups is 23. The van der Waals surface area contributed by atoms with Crippen molar-refractivity contribution in [3.8, 4) is 0 Å². The van der Waals surface area contributed by atoms with Crippen molar-refractivity contribution in [1.29, 1.82) is 0 Å². The Morgan fingerprint density at radius 1 is 0.393 bits per heavy atom. The molecule has 6 saturated heterocycles. The molecule has 46 nitrogen and oxygen atoms in total. The van der Waals surface area contributed by atoms with Crippen LogP contribution >= 0.6 is 0 Å². The minimum atomic E-state index is -1.42. The van der Waals surface area contributed by atoms with Gasteiger partial charge in [0.1, 0.15) is 70.7 Å². The van der Waals surface area contributed by atoms with E-state index in [-0.39, 0.29) is 193 Å². The van der Waals surface area contributed by atoms with Crippen molar-refractivity contribution in [3.05, 3.63) is 85.6 Å². The summed E-state index contributed by atoms with van der Waals surface area (Å²) in [5.74, 6) is -17.4. The molecule has 0 radical (unpaired) electrons. The molecule has 0 aliphatic carbocycles. The van der Waals surface area contributed by atoms with Gasteiger partial charge in [-0.1, -0.05) is 49.1 Å². The number of amides is 14. The van der Waals surface area contributed by atoms with Crippen LogP contribution in [0.4, 0.5) is 9.59 Å². The van der Waals surface area contributed by atoms with Crippen LogP contribution in [0.5, 0.6) is 0 Å². The van der Waals surface area contributed by atoms with Gasteiger partial charge in [0.05, 0.1) is 55.7 Å². The predicted molar refractivity (Wildman–Crippen MR) is 509 cm³/mol. The summed E-state index contributed by atoms with van der Waals surface area (Å²) in [6.45, 7) is 38.0. The third kappa shape index (κ3) is 38.3. The Morgan fingerprint density at radius 2 is 0.703 bits per heavy atom. The molecule has 0 aromatic rings. The van der Waals surface area contributed by atoms with Crippen molar-refractivity contribution in [2.75, 3.05) is 85.3 Å². The molecule has 7 N–H and O–H groups in total. The Balaban J connectivity index is 0.000000298. The van der Waals surface area contributed by atoms with E-state index in [1.54, 1.807) is 88.0 Å². The number of carboxylic acid groups (broad SMARTS) is 3. The van der Waals surface area contributed by atoms with Crippen molar-refractivity contribution in [2.45, 2.75) is 295 Å². The first-order valence-corrected chi connectivity index (χ1v) is 48.2. The molecular weight excluding hydrogens is 1900 g/mol. The Morgan fingerprint density at radius 3 is 1.01 bits per heavy atom. The van der Waals surface area contributed by atoms with Crippen molar-refractivity contribution >= 4 is 136 Å². The van der Waals surface area contributed by atoms with Gasteiger partial charge in [-0.25, -0.2) is 24.0 Å². The largest absolute Gasteiger partial charge is 0.481 e. The zero-order valence-corrected chi connectivity index (χ0v) is 84.4. The minimum absolute atomic E-state index is 0.0358. The number of rotatable bonds is 47. The lowest BCUT2D eigenvalue weighted by Crippen LogP contribution is -2.51. The van der Waals surface area contributed by atoms with Gasteiger partial charge >= 0.3 is 48.0 Å². The molecule has 0 bridgehead atoms. The van der Waals surface area contributed by atoms with E-state index in [9.17, 15) is 126 Å². The number of Topliss-reactive ketones (excluding diaryl/α,β-unsaturated/α-hetero) is 3. The number of ether oxygens (including phenoxy) is 8. The number of hydrogen-bond donors (Lipinski definition) is 7. The van der Waals surface area contributed by atoms with Crippen molar-refractivity contribution in [3.63, 3.8) is 0 Å². The topological polar surface area (TPSA) is 601 Å². The first-order chi connectivity index (χ1) is 67.8. The summed E-state index contributed by atoms with van der Waals surface area (Å²) in [6, 6.07) is -5.05. The normalized spacial score (nSPS) is 20.6. The number of carboxylic acids is 3. The van der Waals surface area contributed by atoms with E-state index in [2.05, 4.69) is 47.6 Å². The second-order valence-corrected chi connectivity index (χ2v) is 40.4. The van der Waals surface area contributed by atoms with Gasteiger partial charge in [0.15, 0.2) is 12.5 Å². The fourth-order valence-corrected chi connectivity index (χ4v) is 16.8. The van der Waals surface area contributed by atoms with Crippen LogP contribution in [0.25, 0.3) is 0 Å². The molecule has 46 heteroatoms. The van der Waals surface area contributed by atoms with E-state index in [4.69, 9.17) is 37.9 Å². The molecule has 9 aliphatic heterocycles. The number of imide groups is 3. The lowest BCUT2D eigenvalue weighted by atomic mass is 9.94. The number of esters is 3. The monoisotopic (exact) mass is 2040 g/mol. The summed E-state index contributed by atoms with van der Waals surface area (Å²) >= 11 is 0. The summed E-state index contributed by atoms with van der Waals surface area (Å²) in [4.78, 5) is 297. The molecule has 0 saturated carbocycles. The molecule has 798 valence electrons. The van der Waals surface area contributed by atoms with Crippen molar-refractivity contribution < 1.29 is 163 Å². The maximum Gasteiger partial charge on any atom is 0.410 e. The number of nitrogens with zero attached hydrogens (tertiary/aromatic N) is 8. The van der Waals surface area contributed by atoms with Crippen LogP contribution in [0.2, 0.25) is 0 Å². The quantitative estimate of drug-likeness (QED) is 0.0196. The van der Waals surface area contributed by atoms with Crippen LogP contribution in [-0.2, 0) is 139 Å². The second-order valence-electron chi connectivity index (χ2n) is 40.4. The van der Waals surface area contributed by atoms with Crippen LogP contribution in [0.1, 0.15) is 218 Å². The predicted octanol–water partition coefficient (Wildman–Crippen LogP) is 4.04.